The third-order valence-corrected chi connectivity index (χ3v) is 3.37. The van der Waals surface area contributed by atoms with Crippen molar-refractivity contribution in [2.45, 2.75) is 31.3 Å². The van der Waals surface area contributed by atoms with Gasteiger partial charge in [-0.1, -0.05) is 0 Å². The van der Waals surface area contributed by atoms with Crippen molar-refractivity contribution in [1.29, 1.82) is 0 Å². The van der Waals surface area contributed by atoms with Crippen LogP contribution >= 0.6 is 0 Å². The highest BCUT2D eigenvalue weighted by Gasteiger charge is 2.33. The molecule has 0 aromatic heterocycles. The minimum atomic E-state index is 0.253. The monoisotopic (exact) mass is 197 g/mol. The highest BCUT2D eigenvalue weighted by Crippen LogP contribution is 2.24. The van der Waals surface area contributed by atoms with E-state index < -0.39 is 0 Å². The summed E-state index contributed by atoms with van der Waals surface area (Å²) >= 11 is 0. The van der Waals surface area contributed by atoms with Crippen molar-refractivity contribution < 1.29 is 4.79 Å². The van der Waals surface area contributed by atoms with Crippen molar-refractivity contribution in [3.63, 3.8) is 0 Å². The Kier molecular flexibility index (Phi) is 2.74. The molecule has 4 nitrogen and oxygen atoms in total. The Morgan fingerprint density at radius 2 is 2.07 bits per heavy atom. The standard InChI is InChI=1S/C10H19N3O/c1-12-3-2-4-13(7-10(12)14)9-5-8(11)6-9/h8-9H,2-7,11H2,1H3. The lowest BCUT2D eigenvalue weighted by atomic mass is 9.86. The maximum atomic E-state index is 11.6. The van der Waals surface area contributed by atoms with E-state index in [0.717, 1.165) is 32.4 Å². The minimum Gasteiger partial charge on any atom is -0.345 e. The van der Waals surface area contributed by atoms with Crippen molar-refractivity contribution in [1.82, 2.24) is 9.80 Å². The molecule has 2 aliphatic rings. The van der Waals surface area contributed by atoms with E-state index in [2.05, 4.69) is 4.90 Å². The largest absolute Gasteiger partial charge is 0.345 e. The summed E-state index contributed by atoms with van der Waals surface area (Å²) in [6.07, 6.45) is 3.22. The molecule has 2 rings (SSSR count). The molecule has 0 aromatic rings. The lowest BCUT2D eigenvalue weighted by Crippen LogP contribution is -2.52. The Morgan fingerprint density at radius 1 is 1.36 bits per heavy atom. The molecule has 0 radical (unpaired) electrons. The van der Waals surface area contributed by atoms with Gasteiger partial charge in [0.2, 0.25) is 5.91 Å². The molecule has 1 aliphatic carbocycles. The molecular weight excluding hydrogens is 178 g/mol. The molecule has 0 aromatic carbocycles. The average Bonchev–Trinajstić information content (AvgIpc) is 2.24. The molecule has 1 amide bonds. The third-order valence-electron chi connectivity index (χ3n) is 3.37. The lowest BCUT2D eigenvalue weighted by molar-refractivity contribution is -0.130. The van der Waals surface area contributed by atoms with E-state index in [1.165, 1.54) is 0 Å². The quantitative estimate of drug-likeness (QED) is 0.624. The van der Waals surface area contributed by atoms with Gasteiger partial charge in [-0.3, -0.25) is 9.69 Å². The summed E-state index contributed by atoms with van der Waals surface area (Å²) < 4.78 is 0. The number of carbonyl (C=O) groups excluding carboxylic acids is 1. The van der Waals surface area contributed by atoms with Crippen molar-refractivity contribution in [3.05, 3.63) is 0 Å². The van der Waals surface area contributed by atoms with Crippen LogP contribution < -0.4 is 5.73 Å². The fraction of sp³-hybridized carbons (Fsp3) is 0.900. The summed E-state index contributed by atoms with van der Waals surface area (Å²) in [5.74, 6) is 0.253. The second kappa shape index (κ2) is 3.87. The Morgan fingerprint density at radius 3 is 2.71 bits per heavy atom. The lowest BCUT2D eigenvalue weighted by Gasteiger charge is -2.40. The first kappa shape index (κ1) is 9.93. The van der Waals surface area contributed by atoms with Gasteiger partial charge in [0, 0.05) is 32.2 Å². The number of rotatable bonds is 1. The third kappa shape index (κ3) is 1.91. The number of nitrogens with zero attached hydrogens (tertiary/aromatic N) is 2. The number of hydrogen-bond donors (Lipinski definition) is 1. The highest BCUT2D eigenvalue weighted by atomic mass is 16.2. The van der Waals surface area contributed by atoms with Gasteiger partial charge in [-0.15, -0.1) is 0 Å². The van der Waals surface area contributed by atoms with Crippen LogP contribution in [0.5, 0.6) is 0 Å². The van der Waals surface area contributed by atoms with Crippen LogP contribution in [0.25, 0.3) is 0 Å². The molecule has 1 saturated heterocycles. The Bertz CT molecular complexity index is 225. The van der Waals surface area contributed by atoms with Crippen LogP contribution in [0.4, 0.5) is 0 Å². The number of amides is 1. The summed E-state index contributed by atoms with van der Waals surface area (Å²) in [6, 6.07) is 0.941. The molecule has 0 bridgehead atoms. The summed E-state index contributed by atoms with van der Waals surface area (Å²) in [6.45, 7) is 2.54. The first-order valence-corrected chi connectivity index (χ1v) is 5.40. The van der Waals surface area contributed by atoms with Crippen molar-refractivity contribution in [2.24, 2.45) is 5.73 Å². The average molecular weight is 197 g/mol. The van der Waals surface area contributed by atoms with Crippen molar-refractivity contribution >= 4 is 5.91 Å². The molecule has 0 unspecified atom stereocenters. The van der Waals surface area contributed by atoms with Gasteiger partial charge in [0.05, 0.1) is 6.54 Å². The number of nitrogens with two attached hydrogens (primary N) is 1. The minimum absolute atomic E-state index is 0.253. The van der Waals surface area contributed by atoms with Crippen molar-refractivity contribution in [2.75, 3.05) is 26.7 Å². The fourth-order valence-electron chi connectivity index (χ4n) is 2.25. The molecule has 2 N–H and O–H groups in total. The van der Waals surface area contributed by atoms with Gasteiger partial charge in [-0.05, 0) is 19.3 Å². The molecule has 80 valence electrons. The van der Waals surface area contributed by atoms with Gasteiger partial charge < -0.3 is 10.6 Å². The van der Waals surface area contributed by atoms with Gasteiger partial charge in [0.25, 0.3) is 0 Å². The SMILES string of the molecule is CN1CCCN(C2CC(N)C2)CC1=O. The number of likely N-dealkylation sites (N-methyl/N-ethyl adjacent to an activating group) is 1. The summed E-state index contributed by atoms with van der Waals surface area (Å²) in [5, 5.41) is 0. The summed E-state index contributed by atoms with van der Waals surface area (Å²) in [5.41, 5.74) is 5.75. The molecule has 4 heteroatoms. The summed E-state index contributed by atoms with van der Waals surface area (Å²) in [4.78, 5) is 15.7. The van der Waals surface area contributed by atoms with Gasteiger partial charge in [0.1, 0.15) is 0 Å². The van der Waals surface area contributed by atoms with Gasteiger partial charge >= 0.3 is 0 Å². The van der Waals surface area contributed by atoms with E-state index in [4.69, 9.17) is 5.73 Å². The van der Waals surface area contributed by atoms with Gasteiger partial charge in [0.15, 0.2) is 0 Å². The van der Waals surface area contributed by atoms with Crippen LogP contribution in [-0.4, -0.2) is 54.5 Å². The number of hydrogen-bond acceptors (Lipinski definition) is 3. The zero-order valence-electron chi connectivity index (χ0n) is 8.78. The summed E-state index contributed by atoms with van der Waals surface area (Å²) in [7, 11) is 1.89. The Hall–Kier alpha value is -0.610. The predicted octanol–water partition coefficient (Wildman–Crippen LogP) is -0.360. The topological polar surface area (TPSA) is 49.6 Å². The zero-order valence-corrected chi connectivity index (χ0v) is 8.78. The van der Waals surface area contributed by atoms with E-state index in [-0.39, 0.29) is 5.91 Å². The first-order chi connectivity index (χ1) is 6.66. The van der Waals surface area contributed by atoms with E-state index in [9.17, 15) is 4.79 Å². The van der Waals surface area contributed by atoms with Gasteiger partial charge in [-0.2, -0.15) is 0 Å². The second-order valence-corrected chi connectivity index (χ2v) is 4.52. The first-order valence-electron chi connectivity index (χ1n) is 5.40. The molecule has 0 spiro atoms. The van der Waals surface area contributed by atoms with E-state index in [1.807, 2.05) is 11.9 Å². The Balaban J connectivity index is 1.90. The molecular formula is C10H19N3O. The molecule has 1 saturated carbocycles. The maximum Gasteiger partial charge on any atom is 0.236 e. The van der Waals surface area contributed by atoms with Crippen LogP contribution in [0.2, 0.25) is 0 Å². The number of carbonyl (C=O) groups is 1. The maximum absolute atomic E-state index is 11.6. The fourth-order valence-corrected chi connectivity index (χ4v) is 2.25. The van der Waals surface area contributed by atoms with E-state index >= 15 is 0 Å². The molecule has 2 fully saturated rings. The molecule has 0 atom stereocenters. The predicted molar refractivity (Wildman–Crippen MR) is 54.8 cm³/mol. The zero-order chi connectivity index (χ0) is 10.1. The van der Waals surface area contributed by atoms with Crippen molar-refractivity contribution in [3.8, 4) is 0 Å². The highest BCUT2D eigenvalue weighted by molar-refractivity contribution is 5.78. The van der Waals surface area contributed by atoms with E-state index in [0.29, 0.717) is 18.6 Å². The molecule has 14 heavy (non-hydrogen) atoms. The second-order valence-electron chi connectivity index (χ2n) is 4.52. The van der Waals surface area contributed by atoms with Crippen LogP contribution in [0.15, 0.2) is 0 Å². The normalized spacial score (nSPS) is 35.3. The van der Waals surface area contributed by atoms with Crippen LogP contribution in [-0.2, 0) is 4.79 Å². The smallest absolute Gasteiger partial charge is 0.236 e. The van der Waals surface area contributed by atoms with Crippen LogP contribution in [0.1, 0.15) is 19.3 Å². The molecule has 1 aliphatic heterocycles. The Labute approximate surface area is 85.0 Å². The van der Waals surface area contributed by atoms with Crippen LogP contribution in [0, 0.1) is 0 Å². The van der Waals surface area contributed by atoms with Crippen LogP contribution in [0.3, 0.4) is 0 Å². The van der Waals surface area contributed by atoms with E-state index in [1.54, 1.807) is 0 Å². The van der Waals surface area contributed by atoms with Gasteiger partial charge in [-0.25, -0.2) is 0 Å². The molecule has 1 heterocycles.